The van der Waals surface area contributed by atoms with Crippen LogP contribution in [0.4, 0.5) is 27.6 Å². The average molecular weight is 285 g/mol. The van der Waals surface area contributed by atoms with Crippen molar-refractivity contribution in [1.82, 2.24) is 0 Å². The van der Waals surface area contributed by atoms with Gasteiger partial charge in [-0.25, -0.2) is 22.0 Å². The Morgan fingerprint density at radius 3 is 1.79 bits per heavy atom. The van der Waals surface area contributed by atoms with Crippen LogP contribution in [0, 0.1) is 29.1 Å². The van der Waals surface area contributed by atoms with Gasteiger partial charge in [-0.1, -0.05) is 0 Å². The topological polar surface area (TPSA) is 30.5 Å². The molecule has 0 spiro atoms. The van der Waals surface area contributed by atoms with Crippen LogP contribution in [0.5, 0.6) is 0 Å². The fourth-order valence-corrected chi connectivity index (χ4v) is 1.37. The molecule has 0 aliphatic rings. The van der Waals surface area contributed by atoms with Gasteiger partial charge in [0.2, 0.25) is 5.82 Å². The Morgan fingerprint density at radius 1 is 0.895 bits per heavy atom. The number of hydrogen-bond donors (Lipinski definition) is 1. The summed E-state index contributed by atoms with van der Waals surface area (Å²) in [6.07, 6.45) is -0.597. The molecule has 1 atom stereocenters. The lowest BCUT2D eigenvalue weighted by Gasteiger charge is -2.17. The molecule has 1 aromatic rings. The Hall–Kier alpha value is -1.41. The summed E-state index contributed by atoms with van der Waals surface area (Å²) in [6.45, 7) is -0.0818. The highest BCUT2D eigenvalue weighted by molar-refractivity contribution is 5.47. The molecule has 1 N–H and O–H groups in total. The molecule has 108 valence electrons. The van der Waals surface area contributed by atoms with E-state index in [1.807, 2.05) is 0 Å². The van der Waals surface area contributed by atoms with E-state index < -0.39 is 40.9 Å². The molecule has 0 saturated carbocycles. The number of anilines is 1. The Balaban J connectivity index is 2.95. The molecule has 0 radical (unpaired) electrons. The summed E-state index contributed by atoms with van der Waals surface area (Å²) >= 11 is 0. The monoisotopic (exact) mass is 285 g/mol. The smallest absolute Gasteiger partial charge is 0.200 e. The molecule has 1 unspecified atom stereocenters. The van der Waals surface area contributed by atoms with Crippen molar-refractivity contribution in [2.24, 2.45) is 0 Å². The van der Waals surface area contributed by atoms with E-state index in [0.29, 0.717) is 0 Å². The Morgan fingerprint density at radius 2 is 1.37 bits per heavy atom. The van der Waals surface area contributed by atoms with Crippen molar-refractivity contribution in [2.75, 3.05) is 32.7 Å². The highest BCUT2D eigenvalue weighted by Crippen LogP contribution is 2.27. The fraction of sp³-hybridized carbons (Fsp3) is 0.455. The quantitative estimate of drug-likeness (QED) is 0.495. The van der Waals surface area contributed by atoms with Gasteiger partial charge in [-0.15, -0.1) is 0 Å². The summed E-state index contributed by atoms with van der Waals surface area (Å²) in [5.41, 5.74) is -1.09. The van der Waals surface area contributed by atoms with E-state index in [0.717, 1.165) is 0 Å². The SMILES string of the molecule is COCC(CNc1c(F)c(F)c(F)c(F)c1F)OC. The number of nitrogens with one attached hydrogen (secondary N) is 1. The van der Waals surface area contributed by atoms with Crippen LogP contribution in [0.25, 0.3) is 0 Å². The van der Waals surface area contributed by atoms with Gasteiger partial charge in [-0.3, -0.25) is 0 Å². The average Bonchev–Trinajstić information content (AvgIpc) is 2.41. The van der Waals surface area contributed by atoms with Crippen molar-refractivity contribution >= 4 is 5.69 Å². The molecule has 0 aliphatic carbocycles. The van der Waals surface area contributed by atoms with E-state index in [1.165, 1.54) is 14.2 Å². The zero-order valence-electron chi connectivity index (χ0n) is 10.2. The highest BCUT2D eigenvalue weighted by atomic mass is 19.2. The third kappa shape index (κ3) is 3.32. The predicted octanol–water partition coefficient (Wildman–Crippen LogP) is 2.46. The number of benzene rings is 1. The molecular weight excluding hydrogens is 273 g/mol. The second kappa shape index (κ2) is 6.67. The van der Waals surface area contributed by atoms with Crippen molar-refractivity contribution in [2.45, 2.75) is 6.10 Å². The van der Waals surface area contributed by atoms with Gasteiger partial charge in [0.15, 0.2) is 23.3 Å². The standard InChI is InChI=1S/C11H12F5NO2/c1-18-4-5(19-2)3-17-11-9(15)7(13)6(12)8(14)10(11)16/h5,17H,3-4H2,1-2H3. The zero-order valence-corrected chi connectivity index (χ0v) is 10.2. The van der Waals surface area contributed by atoms with Crippen LogP contribution in [-0.2, 0) is 9.47 Å². The molecule has 1 aromatic carbocycles. The minimum absolute atomic E-state index is 0.0961. The van der Waals surface area contributed by atoms with Gasteiger partial charge in [0.25, 0.3) is 0 Å². The number of methoxy groups -OCH3 is 2. The molecule has 0 heterocycles. The van der Waals surface area contributed by atoms with E-state index in [2.05, 4.69) is 5.32 Å². The van der Waals surface area contributed by atoms with E-state index in [9.17, 15) is 22.0 Å². The van der Waals surface area contributed by atoms with Crippen LogP contribution >= 0.6 is 0 Å². The molecule has 0 fully saturated rings. The summed E-state index contributed by atoms with van der Waals surface area (Å²) in [5, 5.41) is 2.12. The lowest BCUT2D eigenvalue weighted by Crippen LogP contribution is -2.27. The van der Waals surface area contributed by atoms with Gasteiger partial charge in [-0.05, 0) is 0 Å². The first kappa shape index (κ1) is 15.6. The minimum atomic E-state index is -2.19. The van der Waals surface area contributed by atoms with Crippen LogP contribution in [0.15, 0.2) is 0 Å². The molecule has 0 bridgehead atoms. The van der Waals surface area contributed by atoms with E-state index in [4.69, 9.17) is 9.47 Å². The maximum Gasteiger partial charge on any atom is 0.200 e. The number of halogens is 5. The fourth-order valence-electron chi connectivity index (χ4n) is 1.37. The third-order valence-corrected chi connectivity index (χ3v) is 2.40. The van der Waals surface area contributed by atoms with Crippen molar-refractivity contribution < 1.29 is 31.4 Å². The van der Waals surface area contributed by atoms with Crippen LogP contribution in [0.1, 0.15) is 0 Å². The lowest BCUT2D eigenvalue weighted by molar-refractivity contribution is 0.0365. The Labute approximate surface area is 106 Å². The number of rotatable bonds is 6. The Bertz CT molecular complexity index is 426. The maximum atomic E-state index is 13.3. The van der Waals surface area contributed by atoms with Crippen molar-refractivity contribution in [3.8, 4) is 0 Å². The molecule has 0 aliphatic heterocycles. The molecule has 19 heavy (non-hydrogen) atoms. The third-order valence-electron chi connectivity index (χ3n) is 2.40. The van der Waals surface area contributed by atoms with Gasteiger partial charge in [0.05, 0.1) is 12.7 Å². The molecule has 3 nitrogen and oxygen atoms in total. The first-order chi connectivity index (χ1) is 8.93. The van der Waals surface area contributed by atoms with E-state index >= 15 is 0 Å². The molecule has 0 amide bonds. The first-order valence-electron chi connectivity index (χ1n) is 5.21. The predicted molar refractivity (Wildman–Crippen MR) is 57.4 cm³/mol. The van der Waals surface area contributed by atoms with Gasteiger partial charge in [0.1, 0.15) is 5.69 Å². The summed E-state index contributed by atoms with van der Waals surface area (Å²) in [6, 6.07) is 0. The maximum absolute atomic E-state index is 13.3. The summed E-state index contributed by atoms with van der Waals surface area (Å²) in [4.78, 5) is 0. The Kier molecular flexibility index (Phi) is 5.49. The van der Waals surface area contributed by atoms with Crippen molar-refractivity contribution in [3.63, 3.8) is 0 Å². The summed E-state index contributed by atoms with van der Waals surface area (Å²) < 4.78 is 74.8. The molecule has 0 saturated heterocycles. The highest BCUT2D eigenvalue weighted by Gasteiger charge is 2.26. The molecule has 8 heteroatoms. The lowest BCUT2D eigenvalue weighted by atomic mass is 10.2. The molecule has 1 rings (SSSR count). The van der Waals surface area contributed by atoms with Gasteiger partial charge < -0.3 is 14.8 Å². The summed E-state index contributed by atoms with van der Waals surface area (Å²) in [7, 11) is 2.70. The van der Waals surface area contributed by atoms with Crippen molar-refractivity contribution in [3.05, 3.63) is 29.1 Å². The van der Waals surface area contributed by atoms with Crippen LogP contribution in [0.2, 0.25) is 0 Å². The first-order valence-corrected chi connectivity index (χ1v) is 5.21. The molecule has 0 aromatic heterocycles. The van der Waals surface area contributed by atoms with Crippen LogP contribution in [0.3, 0.4) is 0 Å². The van der Waals surface area contributed by atoms with Crippen LogP contribution < -0.4 is 5.32 Å². The van der Waals surface area contributed by atoms with Gasteiger partial charge >= 0.3 is 0 Å². The van der Waals surface area contributed by atoms with Gasteiger partial charge in [-0.2, -0.15) is 0 Å². The minimum Gasteiger partial charge on any atom is -0.382 e. The second-order valence-corrected chi connectivity index (χ2v) is 3.64. The second-order valence-electron chi connectivity index (χ2n) is 3.64. The van der Waals surface area contributed by atoms with Crippen molar-refractivity contribution in [1.29, 1.82) is 0 Å². The van der Waals surface area contributed by atoms with E-state index in [-0.39, 0.29) is 13.2 Å². The summed E-state index contributed by atoms with van der Waals surface area (Å²) in [5.74, 6) is -10.0. The zero-order chi connectivity index (χ0) is 14.6. The van der Waals surface area contributed by atoms with E-state index in [1.54, 1.807) is 0 Å². The largest absolute Gasteiger partial charge is 0.382 e. The van der Waals surface area contributed by atoms with Crippen LogP contribution in [-0.4, -0.2) is 33.5 Å². The van der Waals surface area contributed by atoms with Gasteiger partial charge in [0, 0.05) is 20.8 Å². The number of ether oxygens (including phenoxy) is 2. The normalized spacial score (nSPS) is 12.6. The number of hydrogen-bond acceptors (Lipinski definition) is 3. The molecular formula is C11H12F5NO2.